The van der Waals surface area contributed by atoms with Gasteiger partial charge in [-0.25, -0.2) is 0 Å². The van der Waals surface area contributed by atoms with Gasteiger partial charge in [0.2, 0.25) is 5.91 Å². The molecule has 1 aliphatic heterocycles. The van der Waals surface area contributed by atoms with Crippen molar-refractivity contribution in [2.75, 3.05) is 45.7 Å². The molecule has 0 aromatic heterocycles. The quantitative estimate of drug-likeness (QED) is 0.910. The van der Waals surface area contributed by atoms with E-state index in [9.17, 15) is 4.79 Å². The molecule has 132 valence electrons. The largest absolute Gasteiger partial charge is 0.497 e. The summed E-state index contributed by atoms with van der Waals surface area (Å²) in [6.45, 7) is 3.69. The summed E-state index contributed by atoms with van der Waals surface area (Å²) >= 11 is 0. The number of amides is 1. The number of nitrogens with one attached hydrogen (secondary N) is 1. The highest BCUT2D eigenvalue weighted by atomic mass is 16.5. The van der Waals surface area contributed by atoms with Gasteiger partial charge in [-0.05, 0) is 24.7 Å². The van der Waals surface area contributed by atoms with Crippen molar-refractivity contribution in [3.8, 4) is 5.75 Å². The van der Waals surface area contributed by atoms with Crippen LogP contribution in [-0.4, -0.2) is 56.0 Å². The first-order chi connectivity index (χ1) is 12.2. The second kappa shape index (κ2) is 8.14. The Labute approximate surface area is 149 Å². The lowest BCUT2D eigenvalue weighted by molar-refractivity contribution is -0.122. The molecule has 1 fully saturated rings. The molecule has 1 amide bonds. The van der Waals surface area contributed by atoms with Crippen LogP contribution < -0.4 is 10.1 Å². The molecule has 1 heterocycles. The summed E-state index contributed by atoms with van der Waals surface area (Å²) < 4.78 is 5.24. The van der Waals surface area contributed by atoms with Crippen molar-refractivity contribution < 1.29 is 9.53 Å². The Kier molecular flexibility index (Phi) is 5.68. The molecule has 0 bridgehead atoms. The Morgan fingerprint density at radius 2 is 1.76 bits per heavy atom. The molecule has 1 saturated heterocycles. The van der Waals surface area contributed by atoms with Crippen LogP contribution in [0.3, 0.4) is 0 Å². The summed E-state index contributed by atoms with van der Waals surface area (Å²) in [5.41, 5.74) is 1.77. The lowest BCUT2D eigenvalue weighted by Gasteiger charge is -2.37. The van der Waals surface area contributed by atoms with E-state index in [-0.39, 0.29) is 11.9 Å². The number of anilines is 1. The summed E-state index contributed by atoms with van der Waals surface area (Å²) in [6.07, 6.45) is 0. The van der Waals surface area contributed by atoms with Gasteiger partial charge in [0.05, 0.1) is 7.11 Å². The van der Waals surface area contributed by atoms with Crippen molar-refractivity contribution >= 4 is 11.6 Å². The second-order valence-corrected chi connectivity index (χ2v) is 6.37. The molecule has 0 aliphatic carbocycles. The fraction of sp³-hybridized carbons (Fsp3) is 0.350. The number of ether oxygens (including phenoxy) is 1. The van der Waals surface area contributed by atoms with Crippen LogP contribution in [0, 0.1) is 0 Å². The molecular formula is C20H25N3O2. The Morgan fingerprint density at radius 1 is 1.04 bits per heavy atom. The van der Waals surface area contributed by atoms with Crippen LogP contribution in [0.1, 0.15) is 11.6 Å². The summed E-state index contributed by atoms with van der Waals surface area (Å²) in [5, 5.41) is 3.05. The van der Waals surface area contributed by atoms with Gasteiger partial charge in [-0.15, -0.1) is 0 Å². The van der Waals surface area contributed by atoms with E-state index < -0.39 is 0 Å². The topological polar surface area (TPSA) is 44.8 Å². The number of rotatable bonds is 5. The molecule has 0 unspecified atom stereocenters. The maximum atomic E-state index is 13.1. The van der Waals surface area contributed by atoms with Gasteiger partial charge in [0.15, 0.2) is 0 Å². The van der Waals surface area contributed by atoms with Gasteiger partial charge in [-0.3, -0.25) is 9.69 Å². The maximum Gasteiger partial charge on any atom is 0.246 e. The predicted molar refractivity (Wildman–Crippen MR) is 99.9 cm³/mol. The van der Waals surface area contributed by atoms with E-state index in [1.807, 2.05) is 54.6 Å². The zero-order valence-corrected chi connectivity index (χ0v) is 14.8. The van der Waals surface area contributed by atoms with E-state index in [4.69, 9.17) is 4.74 Å². The summed E-state index contributed by atoms with van der Waals surface area (Å²) in [7, 11) is 3.74. The first-order valence-corrected chi connectivity index (χ1v) is 8.60. The summed E-state index contributed by atoms with van der Waals surface area (Å²) in [6, 6.07) is 17.2. The van der Waals surface area contributed by atoms with Gasteiger partial charge >= 0.3 is 0 Å². The van der Waals surface area contributed by atoms with Crippen molar-refractivity contribution in [2.45, 2.75) is 6.04 Å². The van der Waals surface area contributed by atoms with Crippen molar-refractivity contribution in [1.29, 1.82) is 0 Å². The van der Waals surface area contributed by atoms with Crippen LogP contribution in [0.5, 0.6) is 5.75 Å². The van der Waals surface area contributed by atoms with Crippen LogP contribution in [0.2, 0.25) is 0 Å². The van der Waals surface area contributed by atoms with E-state index in [2.05, 4.69) is 22.2 Å². The van der Waals surface area contributed by atoms with Crippen molar-refractivity contribution in [3.63, 3.8) is 0 Å². The number of methoxy groups -OCH3 is 1. The Morgan fingerprint density at radius 3 is 2.44 bits per heavy atom. The van der Waals surface area contributed by atoms with Crippen LogP contribution >= 0.6 is 0 Å². The SMILES string of the molecule is COc1cccc(NC(=O)[C@@H](c2ccccc2)N2CCN(C)CC2)c1. The van der Waals surface area contributed by atoms with E-state index in [0.29, 0.717) is 0 Å². The molecule has 0 spiro atoms. The van der Waals surface area contributed by atoms with Gasteiger partial charge in [-0.2, -0.15) is 0 Å². The standard InChI is InChI=1S/C20H25N3O2/c1-22-11-13-23(14-12-22)19(16-7-4-3-5-8-16)20(24)21-17-9-6-10-18(15-17)25-2/h3-10,15,19H,11-14H2,1-2H3,(H,21,24)/t19-/m1/s1. The van der Waals surface area contributed by atoms with Crippen LogP contribution in [0.4, 0.5) is 5.69 Å². The van der Waals surface area contributed by atoms with E-state index >= 15 is 0 Å². The molecule has 1 aliphatic rings. The first kappa shape index (κ1) is 17.5. The summed E-state index contributed by atoms with van der Waals surface area (Å²) in [5.74, 6) is 0.720. The minimum Gasteiger partial charge on any atom is -0.497 e. The zero-order valence-electron chi connectivity index (χ0n) is 14.8. The van der Waals surface area contributed by atoms with Gasteiger partial charge in [0.25, 0.3) is 0 Å². The fourth-order valence-electron chi connectivity index (χ4n) is 3.15. The molecule has 0 radical (unpaired) electrons. The van der Waals surface area contributed by atoms with Gasteiger partial charge < -0.3 is 15.0 Å². The Hall–Kier alpha value is -2.37. The molecular weight excluding hydrogens is 314 g/mol. The highest BCUT2D eigenvalue weighted by molar-refractivity contribution is 5.95. The maximum absolute atomic E-state index is 13.1. The summed E-state index contributed by atoms with van der Waals surface area (Å²) in [4.78, 5) is 17.6. The highest BCUT2D eigenvalue weighted by Gasteiger charge is 2.29. The van der Waals surface area contributed by atoms with Crippen molar-refractivity contribution in [3.05, 3.63) is 60.2 Å². The lowest BCUT2D eigenvalue weighted by atomic mass is 10.0. The average molecular weight is 339 g/mol. The average Bonchev–Trinajstić information content (AvgIpc) is 2.64. The minimum absolute atomic E-state index is 0.0102. The van der Waals surface area contributed by atoms with E-state index in [0.717, 1.165) is 43.2 Å². The third-order valence-corrected chi connectivity index (χ3v) is 4.60. The fourth-order valence-corrected chi connectivity index (χ4v) is 3.15. The van der Waals surface area contributed by atoms with E-state index in [1.54, 1.807) is 7.11 Å². The second-order valence-electron chi connectivity index (χ2n) is 6.37. The van der Waals surface area contributed by atoms with E-state index in [1.165, 1.54) is 0 Å². The number of hydrogen-bond acceptors (Lipinski definition) is 4. The van der Waals surface area contributed by atoms with Crippen LogP contribution in [0.25, 0.3) is 0 Å². The minimum atomic E-state index is -0.291. The Bertz CT molecular complexity index is 697. The highest BCUT2D eigenvalue weighted by Crippen LogP contribution is 2.25. The van der Waals surface area contributed by atoms with Gasteiger partial charge in [-0.1, -0.05) is 36.4 Å². The van der Waals surface area contributed by atoms with Crippen LogP contribution in [0.15, 0.2) is 54.6 Å². The molecule has 5 nitrogen and oxygen atoms in total. The number of nitrogens with zero attached hydrogens (tertiary/aromatic N) is 2. The number of carbonyl (C=O) groups is 1. The predicted octanol–water partition coefficient (Wildman–Crippen LogP) is 2.62. The molecule has 1 N–H and O–H groups in total. The number of hydrogen-bond donors (Lipinski definition) is 1. The molecule has 3 rings (SSSR count). The number of benzene rings is 2. The molecule has 2 aromatic carbocycles. The Balaban J connectivity index is 1.82. The monoisotopic (exact) mass is 339 g/mol. The molecule has 25 heavy (non-hydrogen) atoms. The third-order valence-electron chi connectivity index (χ3n) is 4.60. The van der Waals surface area contributed by atoms with Crippen molar-refractivity contribution in [1.82, 2.24) is 9.80 Å². The molecule has 1 atom stereocenters. The van der Waals surface area contributed by atoms with Crippen LogP contribution in [-0.2, 0) is 4.79 Å². The van der Waals surface area contributed by atoms with Crippen molar-refractivity contribution in [2.24, 2.45) is 0 Å². The van der Waals surface area contributed by atoms with Gasteiger partial charge in [0.1, 0.15) is 11.8 Å². The number of likely N-dealkylation sites (N-methyl/N-ethyl adjacent to an activating group) is 1. The number of piperazine rings is 1. The zero-order chi connectivity index (χ0) is 17.6. The normalized spacial score (nSPS) is 17.0. The lowest BCUT2D eigenvalue weighted by Crippen LogP contribution is -2.48. The third kappa shape index (κ3) is 4.38. The first-order valence-electron chi connectivity index (χ1n) is 8.60. The number of carbonyl (C=O) groups excluding carboxylic acids is 1. The molecule has 5 heteroatoms. The smallest absolute Gasteiger partial charge is 0.246 e. The van der Waals surface area contributed by atoms with Gasteiger partial charge in [0, 0.05) is 37.9 Å². The molecule has 0 saturated carbocycles. The molecule has 2 aromatic rings.